The molecule has 0 aliphatic carbocycles. The Labute approximate surface area is 200 Å². The molecule has 0 unspecified atom stereocenters. The Bertz CT molecular complexity index is 1550. The highest BCUT2D eigenvalue weighted by Gasteiger charge is 2.18. The Kier molecular flexibility index (Phi) is 5.76. The number of hydrogen-bond acceptors (Lipinski definition) is 4. The molecule has 2 heterocycles. The molecule has 0 spiro atoms. The summed E-state index contributed by atoms with van der Waals surface area (Å²) < 4.78 is 15.4. The van der Waals surface area contributed by atoms with Crippen LogP contribution in [0.3, 0.4) is 0 Å². The zero-order chi connectivity index (χ0) is 24.4. The van der Waals surface area contributed by atoms with Crippen molar-refractivity contribution in [3.8, 4) is 11.3 Å². The fourth-order valence-corrected chi connectivity index (χ4v) is 3.83. The number of hydrogen-bond donors (Lipinski definition) is 2. The third-order valence-electron chi connectivity index (χ3n) is 5.57. The van der Waals surface area contributed by atoms with Crippen LogP contribution in [-0.2, 0) is 6.54 Å². The van der Waals surface area contributed by atoms with Crippen molar-refractivity contribution in [1.29, 1.82) is 0 Å². The highest BCUT2D eigenvalue weighted by Crippen LogP contribution is 2.26. The van der Waals surface area contributed by atoms with Gasteiger partial charge < -0.3 is 11.1 Å². The predicted octanol–water partition coefficient (Wildman–Crippen LogP) is 4.64. The molecule has 2 amide bonds. The lowest BCUT2D eigenvalue weighted by Gasteiger charge is -2.10. The van der Waals surface area contributed by atoms with Crippen LogP contribution in [0, 0.1) is 5.82 Å². The first kappa shape index (κ1) is 22.0. The van der Waals surface area contributed by atoms with E-state index in [1.54, 1.807) is 53.3 Å². The number of fused-ring (bicyclic) bond motifs is 1. The van der Waals surface area contributed by atoms with Gasteiger partial charge in [0.2, 0.25) is 5.91 Å². The lowest BCUT2D eigenvalue weighted by Crippen LogP contribution is -2.14. The fourth-order valence-electron chi connectivity index (χ4n) is 3.83. The van der Waals surface area contributed by atoms with Crippen molar-refractivity contribution in [1.82, 2.24) is 14.8 Å². The van der Waals surface area contributed by atoms with Gasteiger partial charge in [0.05, 0.1) is 29.4 Å². The number of nitrogens with zero attached hydrogens (tertiary/aromatic N) is 3. The number of primary amides is 1. The third-order valence-corrected chi connectivity index (χ3v) is 5.57. The summed E-state index contributed by atoms with van der Waals surface area (Å²) in [5.41, 5.74) is 9.21. The first-order chi connectivity index (χ1) is 17.0. The van der Waals surface area contributed by atoms with Crippen molar-refractivity contribution >= 4 is 28.5 Å². The van der Waals surface area contributed by atoms with Crippen LogP contribution in [-0.4, -0.2) is 26.6 Å². The molecule has 172 valence electrons. The van der Waals surface area contributed by atoms with Gasteiger partial charge in [0.1, 0.15) is 5.82 Å². The highest BCUT2D eigenvalue weighted by atomic mass is 19.1. The van der Waals surface area contributed by atoms with E-state index in [1.165, 1.54) is 12.1 Å². The number of aromatic nitrogens is 3. The van der Waals surface area contributed by atoms with Crippen LogP contribution in [0.2, 0.25) is 0 Å². The van der Waals surface area contributed by atoms with E-state index in [0.29, 0.717) is 40.1 Å². The van der Waals surface area contributed by atoms with Crippen LogP contribution in [0.25, 0.3) is 22.3 Å². The van der Waals surface area contributed by atoms with Gasteiger partial charge in [-0.15, -0.1) is 0 Å². The summed E-state index contributed by atoms with van der Waals surface area (Å²) >= 11 is 0. The zero-order valence-electron chi connectivity index (χ0n) is 18.5. The van der Waals surface area contributed by atoms with E-state index in [1.807, 2.05) is 30.3 Å². The third kappa shape index (κ3) is 4.63. The predicted molar refractivity (Wildman–Crippen MR) is 131 cm³/mol. The van der Waals surface area contributed by atoms with Crippen molar-refractivity contribution in [2.45, 2.75) is 6.54 Å². The molecule has 5 aromatic rings. The number of pyridine rings is 1. The molecule has 0 fully saturated rings. The lowest BCUT2D eigenvalue weighted by atomic mass is 10.1. The van der Waals surface area contributed by atoms with E-state index in [-0.39, 0.29) is 11.7 Å². The molecular formula is C27H20FN5O2. The van der Waals surface area contributed by atoms with Gasteiger partial charge in [-0.05, 0) is 48.0 Å². The summed E-state index contributed by atoms with van der Waals surface area (Å²) in [7, 11) is 0. The van der Waals surface area contributed by atoms with E-state index in [9.17, 15) is 14.0 Å². The minimum absolute atomic E-state index is 0.294. The Hall–Kier alpha value is -4.85. The Morgan fingerprint density at radius 3 is 2.43 bits per heavy atom. The number of amides is 2. The van der Waals surface area contributed by atoms with E-state index in [2.05, 4.69) is 10.4 Å². The maximum Gasteiger partial charge on any atom is 0.256 e. The van der Waals surface area contributed by atoms with Gasteiger partial charge in [-0.3, -0.25) is 9.59 Å². The SMILES string of the molecule is NC(=O)c1ccc(NC(=O)c2cc(-c3ccccc3)nc3c2cnn3Cc2cccc(F)c2)cc1. The van der Waals surface area contributed by atoms with Crippen LogP contribution < -0.4 is 11.1 Å². The maximum absolute atomic E-state index is 13.7. The van der Waals surface area contributed by atoms with Crippen LogP contribution in [0.1, 0.15) is 26.3 Å². The smallest absolute Gasteiger partial charge is 0.256 e. The molecule has 2 aromatic heterocycles. The highest BCUT2D eigenvalue weighted by molar-refractivity contribution is 6.12. The molecule has 0 aliphatic rings. The number of nitrogens with one attached hydrogen (secondary N) is 1. The molecular weight excluding hydrogens is 445 g/mol. The first-order valence-electron chi connectivity index (χ1n) is 10.9. The lowest BCUT2D eigenvalue weighted by molar-refractivity contribution is 0.0998. The summed E-state index contributed by atoms with van der Waals surface area (Å²) in [6.07, 6.45) is 1.58. The summed E-state index contributed by atoms with van der Waals surface area (Å²) in [6, 6.07) is 23.8. The molecule has 0 saturated carbocycles. The number of benzene rings is 3. The standard InChI is InChI=1S/C27H20FN5O2/c28-20-8-4-5-17(13-20)16-33-26-23(15-30-33)22(14-24(32-26)18-6-2-1-3-7-18)27(35)31-21-11-9-19(10-12-21)25(29)34/h1-15H,16H2,(H2,29,34)(H,31,35). The Balaban J connectivity index is 1.57. The normalized spacial score (nSPS) is 10.9. The van der Waals surface area contributed by atoms with E-state index >= 15 is 0 Å². The summed E-state index contributed by atoms with van der Waals surface area (Å²) in [4.78, 5) is 29.4. The van der Waals surface area contributed by atoms with Crippen molar-refractivity contribution in [2.24, 2.45) is 5.73 Å². The quantitative estimate of drug-likeness (QED) is 0.381. The van der Waals surface area contributed by atoms with Gasteiger partial charge in [0.25, 0.3) is 5.91 Å². The van der Waals surface area contributed by atoms with Crippen LogP contribution in [0.4, 0.5) is 10.1 Å². The van der Waals surface area contributed by atoms with Crippen molar-refractivity contribution in [2.75, 3.05) is 5.32 Å². The molecule has 8 heteroatoms. The molecule has 5 rings (SSSR count). The van der Waals surface area contributed by atoms with Crippen molar-refractivity contribution in [3.05, 3.63) is 114 Å². The van der Waals surface area contributed by atoms with Gasteiger partial charge in [-0.25, -0.2) is 14.1 Å². The maximum atomic E-state index is 13.7. The molecule has 0 bridgehead atoms. The Morgan fingerprint density at radius 2 is 1.71 bits per heavy atom. The van der Waals surface area contributed by atoms with Crippen molar-refractivity contribution in [3.63, 3.8) is 0 Å². The zero-order valence-corrected chi connectivity index (χ0v) is 18.5. The van der Waals surface area contributed by atoms with Crippen LogP contribution >= 0.6 is 0 Å². The summed E-state index contributed by atoms with van der Waals surface area (Å²) in [5.74, 6) is -1.23. The van der Waals surface area contributed by atoms with E-state index in [4.69, 9.17) is 10.7 Å². The Morgan fingerprint density at radius 1 is 0.943 bits per heavy atom. The molecule has 0 saturated heterocycles. The number of carbonyl (C=O) groups is 2. The number of halogens is 1. The molecule has 35 heavy (non-hydrogen) atoms. The van der Waals surface area contributed by atoms with Gasteiger partial charge in [0.15, 0.2) is 5.65 Å². The average Bonchev–Trinajstić information content (AvgIpc) is 3.27. The summed E-state index contributed by atoms with van der Waals surface area (Å²) in [6.45, 7) is 0.294. The minimum Gasteiger partial charge on any atom is -0.366 e. The second-order valence-corrected chi connectivity index (χ2v) is 7.99. The second-order valence-electron chi connectivity index (χ2n) is 7.99. The topological polar surface area (TPSA) is 103 Å². The first-order valence-corrected chi connectivity index (χ1v) is 10.9. The van der Waals surface area contributed by atoms with Gasteiger partial charge in [-0.1, -0.05) is 42.5 Å². The van der Waals surface area contributed by atoms with Crippen LogP contribution in [0.5, 0.6) is 0 Å². The van der Waals surface area contributed by atoms with E-state index in [0.717, 1.165) is 11.1 Å². The van der Waals surface area contributed by atoms with Crippen molar-refractivity contribution < 1.29 is 14.0 Å². The van der Waals surface area contributed by atoms with Gasteiger partial charge in [-0.2, -0.15) is 5.10 Å². The number of rotatable bonds is 6. The van der Waals surface area contributed by atoms with E-state index < -0.39 is 5.91 Å². The number of anilines is 1. The molecule has 3 N–H and O–H groups in total. The van der Waals surface area contributed by atoms with Crippen LogP contribution in [0.15, 0.2) is 91.1 Å². The summed E-state index contributed by atoms with van der Waals surface area (Å²) in [5, 5.41) is 7.85. The van der Waals surface area contributed by atoms with Gasteiger partial charge >= 0.3 is 0 Å². The van der Waals surface area contributed by atoms with Gasteiger partial charge in [0, 0.05) is 16.8 Å². The molecule has 7 nitrogen and oxygen atoms in total. The molecule has 0 radical (unpaired) electrons. The largest absolute Gasteiger partial charge is 0.366 e. The number of nitrogens with two attached hydrogens (primary N) is 1. The number of carbonyl (C=O) groups excluding carboxylic acids is 2. The minimum atomic E-state index is -0.545. The molecule has 0 atom stereocenters. The fraction of sp³-hybridized carbons (Fsp3) is 0.0370. The monoisotopic (exact) mass is 465 g/mol. The molecule has 3 aromatic carbocycles. The average molecular weight is 465 g/mol. The second kappa shape index (κ2) is 9.18. The molecule has 0 aliphatic heterocycles.